The summed E-state index contributed by atoms with van der Waals surface area (Å²) in [5.41, 5.74) is 0.945. The lowest BCUT2D eigenvalue weighted by molar-refractivity contribution is -0.123. The predicted molar refractivity (Wildman–Crippen MR) is 104 cm³/mol. The standard InChI is InChI=1S/C20H28O4S2/c1-15-10-11-17(26(22,23)24)13-18(15)25-20(12-6-5-9-19(20)21)14-16-7-3-2-4-8-16/h10-11,13,16H,2-9,12,14H2,1H3,(H,22,23,24). The van der Waals surface area contributed by atoms with Gasteiger partial charge in [-0.2, -0.15) is 0 Å². The predicted octanol–water partition coefficient (Wildman–Crippen LogP) is 3.93. The molecule has 0 amide bonds. The van der Waals surface area contributed by atoms with E-state index in [-0.39, 0.29) is 4.90 Å². The van der Waals surface area contributed by atoms with Crippen molar-refractivity contribution < 1.29 is 17.8 Å². The minimum absolute atomic E-state index is 0.193. The second kappa shape index (κ2) is 8.03. The van der Waals surface area contributed by atoms with Crippen LogP contribution in [0.3, 0.4) is 0 Å². The first-order valence-corrected chi connectivity index (χ1v) is 11.9. The molecule has 144 valence electrons. The lowest BCUT2D eigenvalue weighted by Crippen LogP contribution is -2.44. The third-order valence-corrected chi connectivity index (χ3v) is 8.56. The van der Waals surface area contributed by atoms with Crippen LogP contribution in [0.25, 0.3) is 0 Å². The van der Waals surface area contributed by atoms with E-state index in [1.807, 2.05) is 6.92 Å². The van der Waals surface area contributed by atoms with Gasteiger partial charge in [-0.25, -0.2) is 8.42 Å². The van der Waals surface area contributed by atoms with Crippen LogP contribution in [-0.2, 0) is 26.7 Å². The van der Waals surface area contributed by atoms with Crippen LogP contribution in [-0.4, -0.2) is 23.5 Å². The molecule has 6 heteroatoms. The molecule has 1 aromatic rings. The number of benzene rings is 1. The molecule has 2 fully saturated rings. The van der Waals surface area contributed by atoms with Crippen molar-refractivity contribution in [1.29, 1.82) is 0 Å². The third-order valence-electron chi connectivity index (χ3n) is 5.92. The molecule has 26 heavy (non-hydrogen) atoms. The molecule has 1 atom stereocenters. The van der Waals surface area contributed by atoms with Crippen molar-refractivity contribution in [2.24, 2.45) is 5.92 Å². The van der Waals surface area contributed by atoms with Gasteiger partial charge >= 0.3 is 0 Å². The number of aryl methyl sites for hydroxylation is 1. The Kier molecular flexibility index (Phi) is 6.14. The van der Waals surface area contributed by atoms with Gasteiger partial charge in [0, 0.05) is 42.7 Å². The van der Waals surface area contributed by atoms with Crippen LogP contribution >= 0.6 is 0 Å². The SMILES string of the molecule is Cc1ccc(S(=O)(=O)[O-])cc1[SH+]C1(CC2CCCCC2)CCCCC1=O. The highest BCUT2D eigenvalue weighted by Crippen LogP contribution is 2.41. The Hall–Kier alpha value is -0.850. The van der Waals surface area contributed by atoms with E-state index in [1.165, 1.54) is 44.2 Å². The Morgan fingerprint density at radius 3 is 2.54 bits per heavy atom. The van der Waals surface area contributed by atoms with Crippen LogP contribution in [0.15, 0.2) is 28.0 Å². The van der Waals surface area contributed by atoms with E-state index >= 15 is 0 Å². The molecule has 4 nitrogen and oxygen atoms in total. The number of thiol groups is 1. The summed E-state index contributed by atoms with van der Waals surface area (Å²) in [4.78, 5) is 13.6. The maximum atomic E-state index is 13.0. The van der Waals surface area contributed by atoms with Gasteiger partial charge in [0.2, 0.25) is 0 Å². The summed E-state index contributed by atoms with van der Waals surface area (Å²) >= 11 is 0.884. The van der Waals surface area contributed by atoms with Crippen molar-refractivity contribution in [2.45, 2.75) is 85.7 Å². The zero-order chi connectivity index (χ0) is 18.8. The maximum Gasteiger partial charge on any atom is 0.188 e. The van der Waals surface area contributed by atoms with Crippen molar-refractivity contribution in [1.82, 2.24) is 0 Å². The summed E-state index contributed by atoms with van der Waals surface area (Å²) < 4.78 is 33.9. The summed E-state index contributed by atoms with van der Waals surface area (Å²) in [7, 11) is -4.48. The first kappa shape index (κ1) is 19.9. The number of carbonyl (C=O) groups is 1. The van der Waals surface area contributed by atoms with E-state index in [0.717, 1.165) is 47.9 Å². The van der Waals surface area contributed by atoms with Gasteiger partial charge in [-0.3, -0.25) is 4.79 Å². The van der Waals surface area contributed by atoms with E-state index in [1.54, 1.807) is 6.07 Å². The largest absolute Gasteiger partial charge is 0.744 e. The lowest BCUT2D eigenvalue weighted by Gasteiger charge is -2.34. The van der Waals surface area contributed by atoms with Crippen LogP contribution in [0.5, 0.6) is 0 Å². The van der Waals surface area contributed by atoms with Crippen LogP contribution in [0.4, 0.5) is 0 Å². The van der Waals surface area contributed by atoms with Gasteiger partial charge in [0.15, 0.2) is 15.4 Å². The molecule has 2 aliphatic carbocycles. The Morgan fingerprint density at radius 2 is 1.88 bits per heavy atom. The average molecular weight is 397 g/mol. The van der Waals surface area contributed by atoms with Gasteiger partial charge in [-0.15, -0.1) is 0 Å². The summed E-state index contributed by atoms with van der Waals surface area (Å²) in [5.74, 6) is 0.913. The maximum absolute atomic E-state index is 13.0. The Labute approximate surface area is 160 Å². The number of ketones is 1. The van der Waals surface area contributed by atoms with E-state index < -0.39 is 14.9 Å². The van der Waals surface area contributed by atoms with E-state index in [4.69, 9.17) is 0 Å². The zero-order valence-corrected chi connectivity index (χ0v) is 17.1. The van der Waals surface area contributed by atoms with Crippen molar-refractivity contribution in [2.75, 3.05) is 0 Å². The molecular weight excluding hydrogens is 368 g/mol. The van der Waals surface area contributed by atoms with E-state index in [0.29, 0.717) is 18.1 Å². The molecular formula is C20H28O4S2. The monoisotopic (exact) mass is 396 g/mol. The summed E-state index contributed by atoms with van der Waals surface area (Å²) in [6.07, 6.45) is 10.6. The highest BCUT2D eigenvalue weighted by molar-refractivity contribution is 7.85. The van der Waals surface area contributed by atoms with E-state index in [2.05, 4.69) is 0 Å². The topological polar surface area (TPSA) is 74.3 Å². The molecule has 0 saturated heterocycles. The van der Waals surface area contributed by atoms with Crippen LogP contribution < -0.4 is 0 Å². The molecule has 0 aromatic heterocycles. The smallest absolute Gasteiger partial charge is 0.188 e. The minimum Gasteiger partial charge on any atom is -0.744 e. The molecule has 0 aliphatic heterocycles. The molecule has 2 aliphatic rings. The summed E-state index contributed by atoms with van der Waals surface area (Å²) in [6.45, 7) is 1.92. The molecule has 0 N–H and O–H groups in total. The summed E-state index contributed by atoms with van der Waals surface area (Å²) in [6, 6.07) is 4.55. The first-order chi connectivity index (χ1) is 12.3. The molecule has 0 heterocycles. The van der Waals surface area contributed by atoms with Gasteiger partial charge in [-0.05, 0) is 31.7 Å². The first-order valence-electron chi connectivity index (χ1n) is 9.63. The molecule has 3 rings (SSSR count). The number of Topliss-reactive ketones (excluding diaryl/α,β-unsaturated/α-hetero) is 1. The minimum atomic E-state index is -4.48. The number of rotatable bonds is 5. The molecule has 1 aromatic carbocycles. The van der Waals surface area contributed by atoms with Crippen LogP contribution in [0, 0.1) is 12.8 Å². The van der Waals surface area contributed by atoms with Crippen molar-refractivity contribution in [3.05, 3.63) is 23.8 Å². The molecule has 0 radical (unpaired) electrons. The fourth-order valence-electron chi connectivity index (χ4n) is 4.42. The van der Waals surface area contributed by atoms with Gasteiger partial charge in [0.05, 0.1) is 4.90 Å². The van der Waals surface area contributed by atoms with Gasteiger partial charge in [0.25, 0.3) is 0 Å². The molecule has 2 saturated carbocycles. The highest BCUT2D eigenvalue weighted by Gasteiger charge is 2.49. The highest BCUT2D eigenvalue weighted by atomic mass is 32.2. The Bertz CT molecular complexity index is 766. The van der Waals surface area contributed by atoms with Gasteiger partial charge in [0.1, 0.15) is 10.1 Å². The Morgan fingerprint density at radius 1 is 1.15 bits per heavy atom. The number of hydrogen-bond acceptors (Lipinski definition) is 4. The molecule has 0 bridgehead atoms. The molecule has 0 spiro atoms. The summed E-state index contributed by atoms with van der Waals surface area (Å²) in [5, 5.41) is 0. The fourth-order valence-corrected chi connectivity index (χ4v) is 6.78. The zero-order valence-electron chi connectivity index (χ0n) is 15.4. The molecule has 1 unspecified atom stereocenters. The quantitative estimate of drug-likeness (QED) is 0.429. The number of hydrogen-bond donors (Lipinski definition) is 0. The lowest BCUT2D eigenvalue weighted by atomic mass is 9.76. The van der Waals surface area contributed by atoms with Gasteiger partial charge in [-0.1, -0.05) is 38.2 Å². The van der Waals surface area contributed by atoms with Crippen molar-refractivity contribution >= 4 is 27.7 Å². The van der Waals surface area contributed by atoms with Crippen LogP contribution in [0.1, 0.15) is 69.8 Å². The average Bonchev–Trinajstić information content (AvgIpc) is 2.59. The van der Waals surface area contributed by atoms with Gasteiger partial charge < -0.3 is 4.55 Å². The second-order valence-corrected chi connectivity index (χ2v) is 10.8. The second-order valence-electron chi connectivity index (χ2n) is 7.88. The fraction of sp³-hybridized carbons (Fsp3) is 0.650. The number of carbonyl (C=O) groups excluding carboxylic acids is 1. The van der Waals surface area contributed by atoms with Crippen molar-refractivity contribution in [3.63, 3.8) is 0 Å². The van der Waals surface area contributed by atoms with Crippen molar-refractivity contribution in [3.8, 4) is 0 Å². The van der Waals surface area contributed by atoms with Crippen LogP contribution in [0.2, 0.25) is 0 Å². The Balaban J connectivity index is 1.92. The third kappa shape index (κ3) is 4.52. The normalized spacial score (nSPS) is 25.4. The van der Waals surface area contributed by atoms with E-state index in [9.17, 15) is 17.8 Å².